The molecule has 0 saturated carbocycles. The van der Waals surface area contributed by atoms with Gasteiger partial charge >= 0.3 is 5.97 Å². The Balaban J connectivity index is 2.58. The average molecular weight is 282 g/mol. The summed E-state index contributed by atoms with van der Waals surface area (Å²) >= 11 is 0. The molecule has 0 radical (unpaired) electrons. The number of nitro groups is 1. The number of ether oxygens (including phenoxy) is 2. The number of carbonyl (C=O) groups excluding carboxylic acids is 1. The molecule has 0 aliphatic carbocycles. The van der Waals surface area contributed by atoms with Crippen molar-refractivity contribution in [3.05, 3.63) is 34.4 Å². The monoisotopic (exact) mass is 282 g/mol. The van der Waals surface area contributed by atoms with Crippen LogP contribution in [0.25, 0.3) is 0 Å². The van der Waals surface area contributed by atoms with Gasteiger partial charge in [0.15, 0.2) is 0 Å². The number of rotatable bonds is 8. The summed E-state index contributed by atoms with van der Waals surface area (Å²) in [7, 11) is 0. The van der Waals surface area contributed by atoms with Crippen molar-refractivity contribution in [1.29, 1.82) is 0 Å². The van der Waals surface area contributed by atoms with Crippen molar-refractivity contribution in [3.63, 3.8) is 0 Å². The summed E-state index contributed by atoms with van der Waals surface area (Å²) in [6.45, 7) is 4.62. The number of carbonyl (C=O) groups is 1. The molecule has 1 rings (SSSR count). The zero-order valence-electron chi connectivity index (χ0n) is 11.5. The fraction of sp³-hybridized carbons (Fsp3) is 0.462. The first-order valence-electron chi connectivity index (χ1n) is 6.35. The molecule has 0 fully saturated rings. The minimum atomic E-state index is -0.560. The van der Waals surface area contributed by atoms with Crippen LogP contribution in [0.2, 0.25) is 0 Å². The number of hydrogen-bond acceptors (Lipinski definition) is 6. The molecule has 20 heavy (non-hydrogen) atoms. The van der Waals surface area contributed by atoms with Gasteiger partial charge in [-0.15, -0.1) is 0 Å². The van der Waals surface area contributed by atoms with Crippen LogP contribution < -0.4 is 10.1 Å². The second-order valence-electron chi connectivity index (χ2n) is 3.92. The maximum atomic E-state index is 11.6. The molecule has 7 nitrogen and oxygen atoms in total. The third kappa shape index (κ3) is 4.85. The number of likely N-dealkylation sites (N-methyl/N-ethyl adjacent to an activating group) is 1. The summed E-state index contributed by atoms with van der Waals surface area (Å²) < 4.78 is 10.4. The van der Waals surface area contributed by atoms with Gasteiger partial charge < -0.3 is 14.8 Å². The van der Waals surface area contributed by atoms with E-state index in [1.165, 1.54) is 24.3 Å². The quantitative estimate of drug-likeness (QED) is 0.441. The van der Waals surface area contributed by atoms with Crippen molar-refractivity contribution in [1.82, 2.24) is 5.32 Å². The SMILES string of the molecule is CCNC(COc1ccc([N+](=O)[O-])cc1)C(=O)OCC. The highest BCUT2D eigenvalue weighted by atomic mass is 16.6. The molecule has 1 unspecified atom stereocenters. The lowest BCUT2D eigenvalue weighted by atomic mass is 10.3. The lowest BCUT2D eigenvalue weighted by molar-refractivity contribution is -0.384. The number of non-ortho nitro benzene ring substituents is 1. The Labute approximate surface area is 117 Å². The van der Waals surface area contributed by atoms with Gasteiger partial charge in [-0.1, -0.05) is 6.92 Å². The summed E-state index contributed by atoms with van der Waals surface area (Å²) in [6.07, 6.45) is 0. The molecule has 1 aromatic carbocycles. The number of nitrogens with one attached hydrogen (secondary N) is 1. The van der Waals surface area contributed by atoms with Gasteiger partial charge in [0, 0.05) is 12.1 Å². The van der Waals surface area contributed by atoms with Gasteiger partial charge in [0.05, 0.1) is 11.5 Å². The van der Waals surface area contributed by atoms with E-state index < -0.39 is 11.0 Å². The minimum absolute atomic E-state index is 0.00836. The fourth-order valence-electron chi connectivity index (χ4n) is 1.54. The number of nitrogens with zero attached hydrogens (tertiary/aromatic N) is 1. The van der Waals surface area contributed by atoms with Gasteiger partial charge in [-0.3, -0.25) is 14.9 Å². The van der Waals surface area contributed by atoms with Crippen LogP contribution in [0.3, 0.4) is 0 Å². The van der Waals surface area contributed by atoms with E-state index in [0.29, 0.717) is 18.9 Å². The number of esters is 1. The first-order valence-corrected chi connectivity index (χ1v) is 6.35. The average Bonchev–Trinajstić information content (AvgIpc) is 2.44. The fourth-order valence-corrected chi connectivity index (χ4v) is 1.54. The number of hydrogen-bond donors (Lipinski definition) is 1. The van der Waals surface area contributed by atoms with Crippen LogP contribution in [-0.4, -0.2) is 36.7 Å². The van der Waals surface area contributed by atoms with Crippen LogP contribution in [-0.2, 0) is 9.53 Å². The third-order valence-electron chi connectivity index (χ3n) is 2.49. The predicted molar refractivity (Wildman–Crippen MR) is 72.7 cm³/mol. The standard InChI is InChI=1S/C13H18N2O5/c1-3-14-12(13(16)19-4-2)9-20-11-7-5-10(6-8-11)15(17)18/h5-8,12,14H,3-4,9H2,1-2H3. The van der Waals surface area contributed by atoms with Crippen LogP contribution in [0.5, 0.6) is 5.75 Å². The van der Waals surface area contributed by atoms with E-state index in [2.05, 4.69) is 5.32 Å². The number of nitro benzene ring substituents is 1. The van der Waals surface area contributed by atoms with Crippen LogP contribution in [0.4, 0.5) is 5.69 Å². The molecular weight excluding hydrogens is 264 g/mol. The van der Waals surface area contributed by atoms with Crippen molar-refractivity contribution in [2.24, 2.45) is 0 Å². The lowest BCUT2D eigenvalue weighted by Gasteiger charge is -2.16. The molecule has 0 aliphatic rings. The normalized spacial score (nSPS) is 11.7. The Bertz CT molecular complexity index is 447. The molecule has 1 N–H and O–H groups in total. The lowest BCUT2D eigenvalue weighted by Crippen LogP contribution is -2.42. The molecule has 0 amide bonds. The topological polar surface area (TPSA) is 90.7 Å². The van der Waals surface area contributed by atoms with E-state index in [1.54, 1.807) is 6.92 Å². The molecule has 1 aromatic rings. The molecule has 0 heterocycles. The van der Waals surface area contributed by atoms with E-state index in [4.69, 9.17) is 9.47 Å². The first-order chi connectivity index (χ1) is 9.58. The van der Waals surface area contributed by atoms with Gasteiger partial charge in [-0.2, -0.15) is 0 Å². The maximum absolute atomic E-state index is 11.6. The molecule has 0 saturated heterocycles. The molecule has 0 bridgehead atoms. The van der Waals surface area contributed by atoms with Crippen molar-refractivity contribution in [2.45, 2.75) is 19.9 Å². The van der Waals surface area contributed by atoms with E-state index in [9.17, 15) is 14.9 Å². The smallest absolute Gasteiger partial charge is 0.326 e. The second-order valence-corrected chi connectivity index (χ2v) is 3.92. The summed E-state index contributed by atoms with van der Waals surface area (Å²) in [5.41, 5.74) is -0.00836. The highest BCUT2D eigenvalue weighted by Gasteiger charge is 2.19. The Hall–Kier alpha value is -2.15. The van der Waals surface area contributed by atoms with Gasteiger partial charge in [0.2, 0.25) is 0 Å². The summed E-state index contributed by atoms with van der Waals surface area (Å²) in [4.78, 5) is 21.7. The third-order valence-corrected chi connectivity index (χ3v) is 2.49. The van der Waals surface area contributed by atoms with E-state index in [1.807, 2.05) is 6.92 Å². The zero-order chi connectivity index (χ0) is 15.0. The molecule has 7 heteroatoms. The minimum Gasteiger partial charge on any atom is -0.491 e. The van der Waals surface area contributed by atoms with Crippen molar-refractivity contribution < 1.29 is 19.2 Å². The predicted octanol–water partition coefficient (Wildman–Crippen LogP) is 1.51. The summed E-state index contributed by atoms with van der Waals surface area (Å²) in [5.74, 6) is 0.0825. The Morgan fingerprint density at radius 3 is 2.50 bits per heavy atom. The summed E-state index contributed by atoms with van der Waals surface area (Å²) in [6, 6.07) is 5.12. The molecule has 0 spiro atoms. The second kappa shape index (κ2) is 8.11. The van der Waals surface area contributed by atoms with Gasteiger partial charge in [-0.25, -0.2) is 0 Å². The van der Waals surface area contributed by atoms with Gasteiger partial charge in [0.1, 0.15) is 18.4 Å². The molecular formula is C13H18N2O5. The van der Waals surface area contributed by atoms with Crippen molar-refractivity contribution in [3.8, 4) is 5.75 Å². The van der Waals surface area contributed by atoms with Crippen LogP contribution in [0, 0.1) is 10.1 Å². The first kappa shape index (κ1) is 15.9. The Morgan fingerprint density at radius 1 is 1.35 bits per heavy atom. The van der Waals surface area contributed by atoms with E-state index in [0.717, 1.165) is 0 Å². The van der Waals surface area contributed by atoms with Crippen LogP contribution >= 0.6 is 0 Å². The van der Waals surface area contributed by atoms with Crippen molar-refractivity contribution >= 4 is 11.7 Å². The van der Waals surface area contributed by atoms with E-state index >= 15 is 0 Å². The largest absolute Gasteiger partial charge is 0.491 e. The van der Waals surface area contributed by atoms with Crippen LogP contribution in [0.15, 0.2) is 24.3 Å². The van der Waals surface area contributed by atoms with Crippen molar-refractivity contribution in [2.75, 3.05) is 19.8 Å². The molecule has 110 valence electrons. The number of benzene rings is 1. The van der Waals surface area contributed by atoms with Gasteiger partial charge in [-0.05, 0) is 25.6 Å². The highest BCUT2D eigenvalue weighted by Crippen LogP contribution is 2.17. The molecule has 0 aromatic heterocycles. The summed E-state index contributed by atoms with van der Waals surface area (Å²) in [5, 5.41) is 13.5. The van der Waals surface area contributed by atoms with Crippen LogP contribution in [0.1, 0.15) is 13.8 Å². The molecule has 0 aliphatic heterocycles. The maximum Gasteiger partial charge on any atom is 0.326 e. The Kier molecular flexibility index (Phi) is 6.45. The highest BCUT2D eigenvalue weighted by molar-refractivity contribution is 5.76. The van der Waals surface area contributed by atoms with Gasteiger partial charge in [0.25, 0.3) is 5.69 Å². The van der Waals surface area contributed by atoms with E-state index in [-0.39, 0.29) is 18.3 Å². The Morgan fingerprint density at radius 2 is 2.00 bits per heavy atom. The molecule has 1 atom stereocenters. The zero-order valence-corrected chi connectivity index (χ0v) is 11.5.